The standard InChI is InChI=1S/C23H25N3O/c1-26(15-8-7-11-19-9-3-2-4-10-19)16-14-25-23(27)22-18-24-17-20-12-5-6-13-21(20)22/h2-7,9-13,17-18H,8,14-16H2,1H3,(H,25,27)/b11-7+. The molecule has 0 atom stereocenters. The third kappa shape index (κ3) is 5.50. The highest BCUT2D eigenvalue weighted by Crippen LogP contribution is 2.16. The number of likely N-dealkylation sites (N-methyl/N-ethyl adjacent to an activating group) is 1. The van der Waals surface area contributed by atoms with Gasteiger partial charge in [-0.2, -0.15) is 0 Å². The molecule has 4 heteroatoms. The smallest absolute Gasteiger partial charge is 0.253 e. The van der Waals surface area contributed by atoms with Crippen molar-refractivity contribution in [3.63, 3.8) is 0 Å². The molecule has 138 valence electrons. The van der Waals surface area contributed by atoms with Crippen molar-refractivity contribution in [1.29, 1.82) is 0 Å². The van der Waals surface area contributed by atoms with Gasteiger partial charge in [0.05, 0.1) is 5.56 Å². The van der Waals surface area contributed by atoms with E-state index in [1.165, 1.54) is 5.56 Å². The number of carbonyl (C=O) groups is 1. The van der Waals surface area contributed by atoms with Crippen molar-refractivity contribution in [1.82, 2.24) is 15.2 Å². The highest BCUT2D eigenvalue weighted by Gasteiger charge is 2.10. The van der Waals surface area contributed by atoms with Crippen molar-refractivity contribution >= 4 is 22.8 Å². The second-order valence-electron chi connectivity index (χ2n) is 6.57. The van der Waals surface area contributed by atoms with Crippen LogP contribution in [0.2, 0.25) is 0 Å². The van der Waals surface area contributed by atoms with Gasteiger partial charge in [-0.15, -0.1) is 0 Å². The van der Waals surface area contributed by atoms with Gasteiger partial charge in [0.2, 0.25) is 0 Å². The van der Waals surface area contributed by atoms with E-state index in [9.17, 15) is 4.79 Å². The van der Waals surface area contributed by atoms with Crippen LogP contribution in [0.25, 0.3) is 16.8 Å². The van der Waals surface area contributed by atoms with E-state index in [0.29, 0.717) is 12.1 Å². The molecule has 1 aromatic heterocycles. The predicted octanol–water partition coefficient (Wildman–Crippen LogP) is 4.00. The maximum absolute atomic E-state index is 12.5. The molecule has 0 saturated carbocycles. The zero-order valence-corrected chi connectivity index (χ0v) is 15.6. The van der Waals surface area contributed by atoms with Crippen LogP contribution in [-0.4, -0.2) is 42.5 Å². The molecule has 0 aliphatic rings. The lowest BCUT2D eigenvalue weighted by Crippen LogP contribution is -2.33. The maximum atomic E-state index is 12.5. The Hall–Kier alpha value is -2.98. The van der Waals surface area contributed by atoms with Crippen LogP contribution in [0.1, 0.15) is 22.3 Å². The summed E-state index contributed by atoms with van der Waals surface area (Å²) in [5.74, 6) is -0.0725. The van der Waals surface area contributed by atoms with Crippen LogP contribution < -0.4 is 5.32 Å². The SMILES string of the molecule is CN(CC/C=C/c1ccccc1)CCNC(=O)c1cncc2ccccc12. The summed E-state index contributed by atoms with van der Waals surface area (Å²) < 4.78 is 0. The number of pyridine rings is 1. The summed E-state index contributed by atoms with van der Waals surface area (Å²) in [5, 5.41) is 4.91. The Kier molecular flexibility index (Phi) is 6.72. The Morgan fingerprint density at radius 3 is 2.67 bits per heavy atom. The zero-order valence-electron chi connectivity index (χ0n) is 15.6. The molecule has 0 aliphatic carbocycles. The van der Waals surface area contributed by atoms with Gasteiger partial charge in [-0.05, 0) is 24.4 Å². The Labute approximate surface area is 160 Å². The fourth-order valence-electron chi connectivity index (χ4n) is 2.94. The summed E-state index contributed by atoms with van der Waals surface area (Å²) >= 11 is 0. The van der Waals surface area contributed by atoms with Crippen molar-refractivity contribution in [2.24, 2.45) is 0 Å². The van der Waals surface area contributed by atoms with E-state index in [2.05, 4.69) is 46.5 Å². The van der Waals surface area contributed by atoms with Crippen molar-refractivity contribution in [3.8, 4) is 0 Å². The van der Waals surface area contributed by atoms with Gasteiger partial charge in [0, 0.05) is 37.4 Å². The number of nitrogens with one attached hydrogen (secondary N) is 1. The van der Waals surface area contributed by atoms with Crippen LogP contribution in [0.5, 0.6) is 0 Å². The summed E-state index contributed by atoms with van der Waals surface area (Å²) in [7, 11) is 2.07. The first kappa shape index (κ1) is 18.8. The monoisotopic (exact) mass is 359 g/mol. The average Bonchev–Trinajstić information content (AvgIpc) is 2.71. The van der Waals surface area contributed by atoms with Gasteiger partial charge in [0.15, 0.2) is 0 Å². The van der Waals surface area contributed by atoms with Crippen molar-refractivity contribution in [2.75, 3.05) is 26.7 Å². The Balaban J connectivity index is 1.42. The summed E-state index contributed by atoms with van der Waals surface area (Å²) in [4.78, 5) is 18.9. The molecule has 0 radical (unpaired) electrons. The van der Waals surface area contributed by atoms with E-state index in [4.69, 9.17) is 0 Å². The van der Waals surface area contributed by atoms with E-state index in [1.807, 2.05) is 42.5 Å². The highest BCUT2D eigenvalue weighted by molar-refractivity contribution is 6.06. The summed E-state index contributed by atoms with van der Waals surface area (Å²) in [6.45, 7) is 2.37. The lowest BCUT2D eigenvalue weighted by Gasteiger charge is -2.16. The molecule has 3 aromatic rings. The van der Waals surface area contributed by atoms with E-state index < -0.39 is 0 Å². The van der Waals surface area contributed by atoms with Crippen LogP contribution in [0.3, 0.4) is 0 Å². The van der Waals surface area contributed by atoms with Gasteiger partial charge in [0.25, 0.3) is 5.91 Å². The number of carbonyl (C=O) groups excluding carboxylic acids is 1. The van der Waals surface area contributed by atoms with Crippen LogP contribution >= 0.6 is 0 Å². The summed E-state index contributed by atoms with van der Waals surface area (Å²) in [5.41, 5.74) is 1.85. The molecule has 0 bridgehead atoms. The number of rotatable bonds is 8. The number of hydrogen-bond acceptors (Lipinski definition) is 3. The lowest BCUT2D eigenvalue weighted by atomic mass is 10.1. The minimum absolute atomic E-state index is 0.0725. The fraction of sp³-hybridized carbons (Fsp3) is 0.217. The molecular weight excluding hydrogens is 334 g/mol. The number of fused-ring (bicyclic) bond motifs is 1. The molecule has 0 spiro atoms. The number of aromatic nitrogens is 1. The van der Waals surface area contributed by atoms with Crippen LogP contribution in [0.15, 0.2) is 73.1 Å². The molecule has 0 aliphatic heterocycles. The molecule has 27 heavy (non-hydrogen) atoms. The van der Waals surface area contributed by atoms with Crippen LogP contribution in [0, 0.1) is 0 Å². The second-order valence-corrected chi connectivity index (χ2v) is 6.57. The topological polar surface area (TPSA) is 45.2 Å². The first-order valence-corrected chi connectivity index (χ1v) is 9.25. The molecule has 0 saturated heterocycles. The van der Waals surface area contributed by atoms with Gasteiger partial charge in [-0.1, -0.05) is 66.7 Å². The van der Waals surface area contributed by atoms with E-state index >= 15 is 0 Å². The molecule has 3 rings (SSSR count). The first-order valence-electron chi connectivity index (χ1n) is 9.25. The summed E-state index contributed by atoms with van der Waals surface area (Å²) in [6, 6.07) is 18.1. The number of benzene rings is 2. The van der Waals surface area contributed by atoms with Gasteiger partial charge in [-0.3, -0.25) is 9.78 Å². The van der Waals surface area contributed by atoms with Gasteiger partial charge in [0.1, 0.15) is 0 Å². The minimum atomic E-state index is -0.0725. The fourth-order valence-corrected chi connectivity index (χ4v) is 2.94. The number of amides is 1. The quantitative estimate of drug-likeness (QED) is 0.661. The molecule has 2 aromatic carbocycles. The second kappa shape index (κ2) is 9.64. The number of hydrogen-bond donors (Lipinski definition) is 1. The molecule has 1 amide bonds. The molecular formula is C23H25N3O. The average molecular weight is 359 g/mol. The largest absolute Gasteiger partial charge is 0.351 e. The molecule has 1 N–H and O–H groups in total. The third-order valence-electron chi connectivity index (χ3n) is 4.48. The van der Waals surface area contributed by atoms with Gasteiger partial charge < -0.3 is 10.2 Å². The maximum Gasteiger partial charge on any atom is 0.253 e. The number of nitrogens with zero attached hydrogens (tertiary/aromatic N) is 2. The molecule has 4 nitrogen and oxygen atoms in total. The van der Waals surface area contributed by atoms with Crippen LogP contribution in [0.4, 0.5) is 0 Å². The highest BCUT2D eigenvalue weighted by atomic mass is 16.1. The van der Waals surface area contributed by atoms with Crippen LogP contribution in [-0.2, 0) is 0 Å². The van der Waals surface area contributed by atoms with Crippen molar-refractivity contribution in [2.45, 2.75) is 6.42 Å². The minimum Gasteiger partial charge on any atom is -0.351 e. The Morgan fingerprint density at radius 1 is 1.04 bits per heavy atom. The lowest BCUT2D eigenvalue weighted by molar-refractivity contribution is 0.0951. The molecule has 0 unspecified atom stereocenters. The Morgan fingerprint density at radius 2 is 1.81 bits per heavy atom. The normalized spacial score (nSPS) is 11.3. The van der Waals surface area contributed by atoms with Crippen molar-refractivity contribution in [3.05, 3.63) is 84.2 Å². The van der Waals surface area contributed by atoms with E-state index in [-0.39, 0.29) is 5.91 Å². The van der Waals surface area contributed by atoms with Gasteiger partial charge in [-0.25, -0.2) is 0 Å². The predicted molar refractivity (Wildman–Crippen MR) is 112 cm³/mol. The van der Waals surface area contributed by atoms with E-state index in [0.717, 1.165) is 30.3 Å². The molecule has 1 heterocycles. The van der Waals surface area contributed by atoms with Crippen molar-refractivity contribution < 1.29 is 4.79 Å². The third-order valence-corrected chi connectivity index (χ3v) is 4.48. The zero-order chi connectivity index (χ0) is 18.9. The Bertz CT molecular complexity index is 900. The summed E-state index contributed by atoms with van der Waals surface area (Å²) in [6.07, 6.45) is 8.72. The van der Waals surface area contributed by atoms with E-state index in [1.54, 1.807) is 12.4 Å². The molecule has 0 fully saturated rings. The first-order chi connectivity index (χ1) is 13.2. The van der Waals surface area contributed by atoms with Gasteiger partial charge >= 0.3 is 0 Å².